The van der Waals surface area contributed by atoms with E-state index in [1.807, 2.05) is 30.3 Å². The van der Waals surface area contributed by atoms with E-state index in [0.29, 0.717) is 0 Å². The van der Waals surface area contributed by atoms with Crippen molar-refractivity contribution in [2.24, 2.45) is 5.41 Å². The number of allylic oxidation sites excluding steroid dienone is 2. The van der Waals surface area contributed by atoms with Gasteiger partial charge in [0.2, 0.25) is 0 Å². The minimum absolute atomic E-state index is 0.0952. The third kappa shape index (κ3) is 3.05. The highest BCUT2D eigenvalue weighted by atomic mass is 16.5. The van der Waals surface area contributed by atoms with Gasteiger partial charge in [0.25, 0.3) is 0 Å². The van der Waals surface area contributed by atoms with Crippen LogP contribution in [-0.4, -0.2) is 26.2 Å². The maximum absolute atomic E-state index is 12.4. The van der Waals surface area contributed by atoms with Crippen LogP contribution in [0.4, 0.5) is 0 Å². The lowest BCUT2D eigenvalue weighted by Gasteiger charge is -2.33. The molecule has 4 nitrogen and oxygen atoms in total. The van der Waals surface area contributed by atoms with Crippen molar-refractivity contribution in [3.8, 4) is 0 Å². The second-order valence-electron chi connectivity index (χ2n) is 4.57. The third-order valence-electron chi connectivity index (χ3n) is 3.49. The second-order valence-corrected chi connectivity index (χ2v) is 4.57. The van der Waals surface area contributed by atoms with Crippen LogP contribution in [0.15, 0.2) is 55.6 Å². The Morgan fingerprint density at radius 2 is 1.67 bits per heavy atom. The van der Waals surface area contributed by atoms with Crippen molar-refractivity contribution < 1.29 is 19.1 Å². The Hall–Kier alpha value is -2.36. The second kappa shape index (κ2) is 7.43. The summed E-state index contributed by atoms with van der Waals surface area (Å²) in [6, 6.07) is 9.18. The average Bonchev–Trinajstić information content (AvgIpc) is 2.54. The van der Waals surface area contributed by atoms with Gasteiger partial charge in [-0.2, -0.15) is 0 Å². The molecule has 0 aromatic heterocycles. The molecule has 1 aromatic carbocycles. The predicted molar refractivity (Wildman–Crippen MR) is 80.7 cm³/mol. The summed E-state index contributed by atoms with van der Waals surface area (Å²) in [5.74, 6) is -1.90. The summed E-state index contributed by atoms with van der Waals surface area (Å²) in [6.07, 6.45) is 3.16. The molecule has 1 atom stereocenters. The molecular weight excluding hydrogens is 268 g/mol. The first-order valence-electron chi connectivity index (χ1n) is 6.53. The van der Waals surface area contributed by atoms with Gasteiger partial charge in [0.15, 0.2) is 5.41 Å². The monoisotopic (exact) mass is 288 g/mol. The molecule has 0 aliphatic rings. The third-order valence-corrected chi connectivity index (χ3v) is 3.49. The van der Waals surface area contributed by atoms with Crippen LogP contribution in [0.2, 0.25) is 0 Å². The quantitative estimate of drug-likeness (QED) is 0.440. The Labute approximate surface area is 125 Å². The molecule has 0 heterocycles. The molecule has 0 bridgehead atoms. The SMILES string of the molecule is C=CCC(C(=O)OC)(C(=O)OC)[C@H](C=C)c1ccccc1. The lowest BCUT2D eigenvalue weighted by Crippen LogP contribution is -2.45. The van der Waals surface area contributed by atoms with E-state index < -0.39 is 23.3 Å². The first-order chi connectivity index (χ1) is 10.1. The number of carbonyl (C=O) groups is 2. The van der Waals surface area contributed by atoms with Gasteiger partial charge >= 0.3 is 11.9 Å². The molecule has 0 saturated carbocycles. The van der Waals surface area contributed by atoms with Crippen LogP contribution in [0.3, 0.4) is 0 Å². The van der Waals surface area contributed by atoms with Crippen molar-refractivity contribution in [3.63, 3.8) is 0 Å². The minimum atomic E-state index is -1.52. The highest BCUT2D eigenvalue weighted by molar-refractivity contribution is 6.01. The van der Waals surface area contributed by atoms with E-state index in [1.54, 1.807) is 6.08 Å². The predicted octanol–water partition coefficient (Wildman–Crippen LogP) is 2.86. The number of benzene rings is 1. The highest BCUT2D eigenvalue weighted by Crippen LogP contribution is 2.42. The zero-order valence-corrected chi connectivity index (χ0v) is 12.4. The van der Waals surface area contributed by atoms with Crippen molar-refractivity contribution in [2.75, 3.05) is 14.2 Å². The van der Waals surface area contributed by atoms with E-state index in [2.05, 4.69) is 13.2 Å². The Bertz CT molecular complexity index is 503. The van der Waals surface area contributed by atoms with E-state index in [4.69, 9.17) is 9.47 Å². The molecular formula is C17H20O4. The Kier molecular flexibility index (Phi) is 5.91. The van der Waals surface area contributed by atoms with Crippen molar-refractivity contribution >= 4 is 11.9 Å². The molecule has 0 unspecified atom stereocenters. The summed E-state index contributed by atoms with van der Waals surface area (Å²) in [4.78, 5) is 24.8. The molecule has 0 amide bonds. The lowest BCUT2D eigenvalue weighted by atomic mass is 9.69. The zero-order valence-electron chi connectivity index (χ0n) is 12.4. The van der Waals surface area contributed by atoms with Gasteiger partial charge in [0, 0.05) is 5.92 Å². The first kappa shape index (κ1) is 16.7. The van der Waals surface area contributed by atoms with Gasteiger partial charge in [0.05, 0.1) is 14.2 Å². The highest BCUT2D eigenvalue weighted by Gasteiger charge is 2.53. The summed E-state index contributed by atoms with van der Waals surface area (Å²) in [7, 11) is 2.49. The van der Waals surface area contributed by atoms with Gasteiger partial charge in [-0.25, -0.2) is 0 Å². The fraction of sp³-hybridized carbons (Fsp3) is 0.294. The van der Waals surface area contributed by atoms with Crippen LogP contribution in [-0.2, 0) is 19.1 Å². The molecule has 112 valence electrons. The number of ether oxygens (including phenoxy) is 2. The van der Waals surface area contributed by atoms with Gasteiger partial charge in [-0.1, -0.05) is 42.5 Å². The maximum atomic E-state index is 12.4. The Morgan fingerprint density at radius 1 is 1.14 bits per heavy atom. The van der Waals surface area contributed by atoms with E-state index in [1.165, 1.54) is 20.3 Å². The zero-order chi connectivity index (χ0) is 15.9. The van der Waals surface area contributed by atoms with E-state index in [-0.39, 0.29) is 6.42 Å². The molecule has 0 fully saturated rings. The van der Waals surface area contributed by atoms with Gasteiger partial charge in [-0.05, 0) is 12.0 Å². The topological polar surface area (TPSA) is 52.6 Å². The number of rotatable bonds is 7. The fourth-order valence-corrected chi connectivity index (χ4v) is 2.50. The molecule has 0 aliphatic heterocycles. The standard InChI is InChI=1S/C17H20O4/c1-5-12-17(15(18)20-3,16(19)21-4)14(6-2)13-10-8-7-9-11-13/h5-11,14H,1-2,12H2,3-4H3/t14-/m1/s1. The lowest BCUT2D eigenvalue weighted by molar-refractivity contribution is -0.170. The summed E-state index contributed by atoms with van der Waals surface area (Å²) in [6.45, 7) is 7.41. The minimum Gasteiger partial charge on any atom is -0.468 e. The van der Waals surface area contributed by atoms with Gasteiger partial charge < -0.3 is 9.47 Å². The molecule has 0 radical (unpaired) electrons. The van der Waals surface area contributed by atoms with Crippen molar-refractivity contribution in [1.82, 2.24) is 0 Å². The number of methoxy groups -OCH3 is 2. The summed E-state index contributed by atoms with van der Waals surface area (Å²) >= 11 is 0. The Balaban J connectivity index is 3.51. The van der Waals surface area contributed by atoms with E-state index in [0.717, 1.165) is 5.56 Å². The number of esters is 2. The fourth-order valence-electron chi connectivity index (χ4n) is 2.50. The maximum Gasteiger partial charge on any atom is 0.324 e. The van der Waals surface area contributed by atoms with Gasteiger partial charge in [-0.3, -0.25) is 9.59 Å². The molecule has 1 rings (SSSR count). The molecule has 0 N–H and O–H groups in total. The summed E-state index contributed by atoms with van der Waals surface area (Å²) in [5, 5.41) is 0. The van der Waals surface area contributed by atoms with E-state index in [9.17, 15) is 9.59 Å². The number of hydrogen-bond donors (Lipinski definition) is 0. The van der Waals surface area contributed by atoms with Crippen LogP contribution in [0, 0.1) is 5.41 Å². The van der Waals surface area contributed by atoms with E-state index >= 15 is 0 Å². The number of carbonyl (C=O) groups excluding carboxylic acids is 2. The van der Waals surface area contributed by atoms with Gasteiger partial charge in [-0.15, -0.1) is 13.2 Å². The summed E-state index contributed by atoms with van der Waals surface area (Å²) < 4.78 is 9.72. The molecule has 0 spiro atoms. The van der Waals surface area contributed by atoms with Crippen molar-refractivity contribution in [1.29, 1.82) is 0 Å². The van der Waals surface area contributed by atoms with Crippen LogP contribution in [0.25, 0.3) is 0 Å². The summed E-state index contributed by atoms with van der Waals surface area (Å²) in [5.41, 5.74) is -0.737. The van der Waals surface area contributed by atoms with Crippen molar-refractivity contribution in [2.45, 2.75) is 12.3 Å². The smallest absolute Gasteiger partial charge is 0.324 e. The Morgan fingerprint density at radius 3 is 2.05 bits per heavy atom. The van der Waals surface area contributed by atoms with Crippen LogP contribution >= 0.6 is 0 Å². The molecule has 4 heteroatoms. The average molecular weight is 288 g/mol. The van der Waals surface area contributed by atoms with Crippen molar-refractivity contribution in [3.05, 3.63) is 61.2 Å². The molecule has 21 heavy (non-hydrogen) atoms. The van der Waals surface area contributed by atoms with Crippen LogP contribution < -0.4 is 0 Å². The van der Waals surface area contributed by atoms with Crippen LogP contribution in [0.5, 0.6) is 0 Å². The van der Waals surface area contributed by atoms with Gasteiger partial charge in [0.1, 0.15) is 0 Å². The molecule has 0 saturated heterocycles. The number of hydrogen-bond acceptors (Lipinski definition) is 4. The first-order valence-corrected chi connectivity index (χ1v) is 6.53. The molecule has 1 aromatic rings. The van der Waals surface area contributed by atoms with Crippen LogP contribution in [0.1, 0.15) is 17.9 Å². The largest absolute Gasteiger partial charge is 0.468 e. The molecule has 0 aliphatic carbocycles. The normalized spacial score (nSPS) is 12.1.